The van der Waals surface area contributed by atoms with Crippen LogP contribution in [-0.2, 0) is 4.79 Å². The highest BCUT2D eigenvalue weighted by Crippen LogP contribution is 2.28. The smallest absolute Gasteiger partial charge is 0.227 e. The molecule has 1 N–H and O–H groups in total. The van der Waals surface area contributed by atoms with Crippen molar-refractivity contribution < 1.29 is 9.21 Å². The van der Waals surface area contributed by atoms with Crippen molar-refractivity contribution in [1.29, 1.82) is 0 Å². The fourth-order valence-electron chi connectivity index (χ4n) is 2.03. The zero-order chi connectivity index (χ0) is 11.8. The number of carbonyl (C=O) groups is 1. The lowest BCUT2D eigenvalue weighted by Crippen LogP contribution is -2.27. The average molecular weight is 230 g/mol. The van der Waals surface area contributed by atoms with Crippen molar-refractivity contribution in [3.8, 4) is 0 Å². The first-order chi connectivity index (χ1) is 8.22. The Morgan fingerprint density at radius 2 is 2.29 bits per heavy atom. The van der Waals surface area contributed by atoms with E-state index in [0.717, 1.165) is 24.0 Å². The predicted octanol–water partition coefficient (Wildman–Crippen LogP) is 2.87. The average Bonchev–Trinajstić information content (AvgIpc) is 2.54. The largest absolute Gasteiger partial charge is 0.441 e. The highest BCUT2D eigenvalue weighted by atomic mass is 16.3. The van der Waals surface area contributed by atoms with Crippen LogP contribution >= 0.6 is 0 Å². The van der Waals surface area contributed by atoms with Crippen molar-refractivity contribution in [3.63, 3.8) is 0 Å². The molecular weight excluding hydrogens is 216 g/mol. The summed E-state index contributed by atoms with van der Waals surface area (Å²) in [5.41, 5.74) is 2.32. The molecule has 88 valence electrons. The molecule has 0 saturated heterocycles. The molecule has 0 bridgehead atoms. The van der Waals surface area contributed by atoms with Crippen LogP contribution in [0.15, 0.2) is 22.6 Å². The zero-order valence-electron chi connectivity index (χ0n) is 9.69. The summed E-state index contributed by atoms with van der Waals surface area (Å²) in [4.78, 5) is 16.0. The number of rotatable bonds is 2. The normalized spacial score (nSPS) is 15.8. The Balaban J connectivity index is 1.82. The molecule has 0 aliphatic heterocycles. The van der Waals surface area contributed by atoms with Gasteiger partial charge in [-0.3, -0.25) is 4.79 Å². The molecular formula is C13H14N2O2. The number of benzene rings is 1. The third kappa shape index (κ3) is 1.90. The Bertz CT molecular complexity index is 570. The first-order valence-electron chi connectivity index (χ1n) is 5.90. The number of aromatic nitrogens is 1. The number of aryl methyl sites for hydroxylation is 1. The number of amides is 1. The van der Waals surface area contributed by atoms with Gasteiger partial charge in [0.1, 0.15) is 5.52 Å². The number of nitrogens with zero attached hydrogens (tertiary/aromatic N) is 1. The molecule has 0 radical (unpaired) electrons. The number of hydrogen-bond donors (Lipinski definition) is 1. The maximum Gasteiger partial charge on any atom is 0.227 e. The van der Waals surface area contributed by atoms with Crippen molar-refractivity contribution in [3.05, 3.63) is 24.1 Å². The van der Waals surface area contributed by atoms with E-state index in [4.69, 9.17) is 4.42 Å². The van der Waals surface area contributed by atoms with Gasteiger partial charge in [0.2, 0.25) is 5.91 Å². The number of nitrogens with one attached hydrogen (secondary N) is 1. The number of fused-ring (bicyclic) bond motifs is 1. The maximum atomic E-state index is 11.8. The van der Waals surface area contributed by atoms with E-state index in [1.165, 1.54) is 6.42 Å². The molecule has 4 nitrogen and oxygen atoms in total. The summed E-state index contributed by atoms with van der Waals surface area (Å²) in [7, 11) is 0. The molecule has 1 aromatic carbocycles. The van der Waals surface area contributed by atoms with Gasteiger partial charge in [-0.25, -0.2) is 4.98 Å². The number of carbonyl (C=O) groups excluding carboxylic acids is 1. The fourth-order valence-corrected chi connectivity index (χ4v) is 2.03. The van der Waals surface area contributed by atoms with Crippen LogP contribution in [0.5, 0.6) is 0 Å². The Kier molecular flexibility index (Phi) is 2.35. The zero-order valence-corrected chi connectivity index (χ0v) is 9.69. The summed E-state index contributed by atoms with van der Waals surface area (Å²) in [5, 5.41) is 2.92. The van der Waals surface area contributed by atoms with Crippen LogP contribution in [0, 0.1) is 12.8 Å². The minimum Gasteiger partial charge on any atom is -0.441 e. The Morgan fingerprint density at radius 3 is 3.00 bits per heavy atom. The lowest BCUT2D eigenvalue weighted by atomic mass is 9.85. The van der Waals surface area contributed by atoms with Gasteiger partial charge in [-0.2, -0.15) is 0 Å². The molecule has 1 aromatic heterocycles. The molecule has 1 heterocycles. The molecule has 1 fully saturated rings. The highest BCUT2D eigenvalue weighted by Gasteiger charge is 2.25. The summed E-state index contributed by atoms with van der Waals surface area (Å²) < 4.78 is 5.43. The van der Waals surface area contributed by atoms with Crippen LogP contribution in [0.2, 0.25) is 0 Å². The minimum absolute atomic E-state index is 0.117. The molecule has 3 rings (SSSR count). The van der Waals surface area contributed by atoms with Crippen LogP contribution in [0.25, 0.3) is 11.1 Å². The van der Waals surface area contributed by atoms with Gasteiger partial charge >= 0.3 is 0 Å². The standard InChI is InChI=1S/C13H14N2O2/c1-8-14-11-6-5-10(7-12(11)17-8)15-13(16)9-3-2-4-9/h5-7,9H,2-4H2,1H3,(H,15,16). The number of anilines is 1. The van der Waals surface area contributed by atoms with Gasteiger partial charge in [0.15, 0.2) is 11.5 Å². The van der Waals surface area contributed by atoms with Crippen molar-refractivity contribution in [2.45, 2.75) is 26.2 Å². The minimum atomic E-state index is 0.117. The topological polar surface area (TPSA) is 55.1 Å². The van der Waals surface area contributed by atoms with Crippen LogP contribution in [0.3, 0.4) is 0 Å². The molecule has 1 aliphatic carbocycles. The van der Waals surface area contributed by atoms with Gasteiger partial charge < -0.3 is 9.73 Å². The van der Waals surface area contributed by atoms with Gasteiger partial charge in [0.05, 0.1) is 0 Å². The lowest BCUT2D eigenvalue weighted by molar-refractivity contribution is -0.122. The molecule has 2 aromatic rings. The summed E-state index contributed by atoms with van der Waals surface area (Å²) in [6.45, 7) is 1.81. The van der Waals surface area contributed by atoms with Gasteiger partial charge in [0, 0.05) is 24.6 Å². The number of hydrogen-bond acceptors (Lipinski definition) is 3. The quantitative estimate of drug-likeness (QED) is 0.863. The monoisotopic (exact) mass is 230 g/mol. The van der Waals surface area contributed by atoms with Gasteiger partial charge in [-0.1, -0.05) is 6.42 Å². The van der Waals surface area contributed by atoms with Gasteiger partial charge in [-0.15, -0.1) is 0 Å². The first kappa shape index (κ1) is 10.3. The van der Waals surface area contributed by atoms with Crippen LogP contribution in [0.4, 0.5) is 5.69 Å². The predicted molar refractivity (Wildman–Crippen MR) is 64.7 cm³/mol. The summed E-state index contributed by atoms with van der Waals surface area (Å²) in [5.74, 6) is 0.955. The first-order valence-corrected chi connectivity index (χ1v) is 5.90. The second-order valence-electron chi connectivity index (χ2n) is 4.53. The molecule has 1 amide bonds. The van der Waals surface area contributed by atoms with E-state index >= 15 is 0 Å². The molecule has 1 aliphatic rings. The van der Waals surface area contributed by atoms with E-state index in [0.29, 0.717) is 11.5 Å². The molecule has 1 saturated carbocycles. The molecule has 4 heteroatoms. The summed E-state index contributed by atoms with van der Waals surface area (Å²) in [6, 6.07) is 5.55. The molecule has 0 spiro atoms. The number of oxazole rings is 1. The van der Waals surface area contributed by atoms with Crippen LogP contribution in [-0.4, -0.2) is 10.9 Å². The third-order valence-electron chi connectivity index (χ3n) is 3.24. The fraction of sp³-hybridized carbons (Fsp3) is 0.385. The molecule has 0 unspecified atom stereocenters. The van der Waals surface area contributed by atoms with E-state index in [9.17, 15) is 4.79 Å². The Labute approximate surface area is 99.0 Å². The summed E-state index contributed by atoms with van der Waals surface area (Å²) in [6.07, 6.45) is 3.18. The third-order valence-corrected chi connectivity index (χ3v) is 3.24. The van der Waals surface area contributed by atoms with Crippen molar-refractivity contribution >= 4 is 22.7 Å². The lowest BCUT2D eigenvalue weighted by Gasteiger charge is -2.23. The molecule has 17 heavy (non-hydrogen) atoms. The summed E-state index contributed by atoms with van der Waals surface area (Å²) >= 11 is 0. The van der Waals surface area contributed by atoms with E-state index in [1.54, 1.807) is 0 Å². The Morgan fingerprint density at radius 1 is 1.47 bits per heavy atom. The van der Waals surface area contributed by atoms with E-state index in [-0.39, 0.29) is 11.8 Å². The Hall–Kier alpha value is -1.84. The van der Waals surface area contributed by atoms with E-state index in [1.807, 2.05) is 25.1 Å². The SMILES string of the molecule is Cc1nc2ccc(NC(=O)C3CCC3)cc2o1. The van der Waals surface area contributed by atoms with Crippen molar-refractivity contribution in [2.75, 3.05) is 5.32 Å². The highest BCUT2D eigenvalue weighted by molar-refractivity contribution is 5.94. The molecule has 0 atom stereocenters. The second kappa shape index (κ2) is 3.87. The van der Waals surface area contributed by atoms with Gasteiger partial charge in [0.25, 0.3) is 0 Å². The maximum absolute atomic E-state index is 11.8. The van der Waals surface area contributed by atoms with Crippen LogP contribution in [0.1, 0.15) is 25.2 Å². The van der Waals surface area contributed by atoms with Crippen LogP contribution < -0.4 is 5.32 Å². The van der Waals surface area contributed by atoms with Crippen molar-refractivity contribution in [1.82, 2.24) is 4.98 Å². The second-order valence-corrected chi connectivity index (χ2v) is 4.53. The van der Waals surface area contributed by atoms with E-state index in [2.05, 4.69) is 10.3 Å². The van der Waals surface area contributed by atoms with Gasteiger partial charge in [-0.05, 0) is 25.0 Å². The van der Waals surface area contributed by atoms with Crippen molar-refractivity contribution in [2.24, 2.45) is 5.92 Å². The van der Waals surface area contributed by atoms with E-state index < -0.39 is 0 Å².